The molecule has 0 unspecified atom stereocenters. The van der Waals surface area contributed by atoms with Crippen molar-refractivity contribution in [1.82, 2.24) is 15.8 Å². The Morgan fingerprint density at radius 3 is 2.96 bits per heavy atom. The maximum atomic E-state index is 10.8. The van der Waals surface area contributed by atoms with Crippen molar-refractivity contribution in [3.05, 3.63) is 33.9 Å². The summed E-state index contributed by atoms with van der Waals surface area (Å²) in [5.74, 6) is 0.100. The van der Waals surface area contributed by atoms with E-state index >= 15 is 0 Å². The number of nitrogens with one attached hydrogen (secondary N) is 1. The van der Waals surface area contributed by atoms with Crippen molar-refractivity contribution in [1.29, 1.82) is 0 Å². The second kappa shape index (κ2) is 8.09. The molecular weight excluding hydrogens is 386 g/mol. The van der Waals surface area contributed by atoms with E-state index in [9.17, 15) is 10.0 Å². The van der Waals surface area contributed by atoms with Crippen molar-refractivity contribution in [3.63, 3.8) is 0 Å². The summed E-state index contributed by atoms with van der Waals surface area (Å²) < 4.78 is 5.58. The molecule has 10 heteroatoms. The van der Waals surface area contributed by atoms with Gasteiger partial charge in [0.25, 0.3) is 0 Å². The standard InChI is InChI=1S/C13H14BrN5O3S/c1-7-2-3-8(6-9(7)14)16-12(17-21)11-13(19-22-18-11)23-5-4-10(15)20/h2-3,6,21H,4-5H2,1H3,(H2,15,20)(H,16,17). The van der Waals surface area contributed by atoms with E-state index in [1.54, 1.807) is 12.1 Å². The first-order valence-corrected chi connectivity index (χ1v) is 8.28. The number of aromatic nitrogens is 2. The number of carbonyl (C=O) groups excluding carboxylic acids is 1. The SMILES string of the molecule is Cc1ccc(N=C(NO)c2nonc2SCCC(N)=O)cc1Br. The molecule has 4 N–H and O–H groups in total. The minimum absolute atomic E-state index is 0.0866. The highest BCUT2D eigenvalue weighted by molar-refractivity contribution is 9.10. The Morgan fingerprint density at radius 2 is 2.30 bits per heavy atom. The van der Waals surface area contributed by atoms with E-state index in [2.05, 4.69) is 35.9 Å². The van der Waals surface area contributed by atoms with E-state index < -0.39 is 5.91 Å². The summed E-state index contributed by atoms with van der Waals surface area (Å²) in [7, 11) is 0. The number of aliphatic imine (C=N–C) groups is 1. The Hall–Kier alpha value is -1.91. The molecule has 1 heterocycles. The summed E-state index contributed by atoms with van der Waals surface area (Å²) in [5.41, 5.74) is 9.00. The third kappa shape index (κ3) is 4.78. The van der Waals surface area contributed by atoms with Crippen molar-refractivity contribution in [3.8, 4) is 0 Å². The lowest BCUT2D eigenvalue weighted by molar-refractivity contribution is -0.117. The number of hydrogen-bond donors (Lipinski definition) is 3. The quantitative estimate of drug-likeness (QED) is 0.294. The average Bonchev–Trinajstić information content (AvgIpc) is 2.96. The normalized spacial score (nSPS) is 11.5. The minimum Gasteiger partial charge on any atom is -0.370 e. The van der Waals surface area contributed by atoms with Crippen LogP contribution in [-0.2, 0) is 4.79 Å². The number of primary amides is 1. The van der Waals surface area contributed by atoms with Crippen molar-refractivity contribution >= 4 is 45.1 Å². The molecule has 0 aliphatic rings. The number of hydrogen-bond acceptors (Lipinski definition) is 7. The van der Waals surface area contributed by atoms with Crippen molar-refractivity contribution in [2.75, 3.05) is 5.75 Å². The van der Waals surface area contributed by atoms with Gasteiger partial charge >= 0.3 is 0 Å². The number of benzene rings is 1. The third-order valence-corrected chi connectivity index (χ3v) is 4.58. The van der Waals surface area contributed by atoms with E-state index in [-0.39, 0.29) is 18.0 Å². The molecule has 0 saturated carbocycles. The number of amidine groups is 1. The number of nitrogens with zero attached hydrogens (tertiary/aromatic N) is 3. The molecule has 0 aliphatic heterocycles. The first-order valence-electron chi connectivity index (χ1n) is 6.50. The molecule has 1 amide bonds. The number of halogens is 1. The monoisotopic (exact) mass is 399 g/mol. The maximum absolute atomic E-state index is 10.8. The highest BCUT2D eigenvalue weighted by Gasteiger charge is 2.17. The van der Waals surface area contributed by atoms with Crippen LogP contribution < -0.4 is 11.2 Å². The van der Waals surface area contributed by atoms with Crippen LogP contribution >= 0.6 is 27.7 Å². The van der Waals surface area contributed by atoms with Gasteiger partial charge in [0.05, 0.1) is 5.69 Å². The van der Waals surface area contributed by atoms with Crippen LogP contribution in [0.2, 0.25) is 0 Å². The van der Waals surface area contributed by atoms with Gasteiger partial charge in [-0.25, -0.2) is 9.62 Å². The number of amides is 1. The summed E-state index contributed by atoms with van der Waals surface area (Å²) in [5, 5.41) is 17.2. The van der Waals surface area contributed by atoms with Crippen LogP contribution in [0.3, 0.4) is 0 Å². The number of rotatable bonds is 6. The van der Waals surface area contributed by atoms with Gasteiger partial charge in [-0.1, -0.05) is 33.8 Å². The molecule has 8 nitrogen and oxygen atoms in total. The second-order valence-electron chi connectivity index (χ2n) is 4.49. The Labute approximate surface area is 144 Å². The fraction of sp³-hybridized carbons (Fsp3) is 0.231. The van der Waals surface area contributed by atoms with Gasteiger partial charge in [-0.3, -0.25) is 15.5 Å². The third-order valence-electron chi connectivity index (χ3n) is 2.77. The molecule has 0 atom stereocenters. The van der Waals surface area contributed by atoms with Crippen LogP contribution in [0.15, 0.2) is 37.3 Å². The summed E-state index contributed by atoms with van der Waals surface area (Å²) in [6.07, 6.45) is 0.195. The Morgan fingerprint density at radius 1 is 1.52 bits per heavy atom. The molecular formula is C13H14BrN5O3S. The van der Waals surface area contributed by atoms with Gasteiger partial charge in [0.1, 0.15) is 0 Å². The zero-order valence-corrected chi connectivity index (χ0v) is 14.5. The van der Waals surface area contributed by atoms with Gasteiger partial charge in [0.2, 0.25) is 5.91 Å². The molecule has 1 aromatic carbocycles. The predicted octanol–water partition coefficient (Wildman–Crippen LogP) is 2.17. The number of hydroxylamine groups is 1. The highest BCUT2D eigenvalue weighted by Crippen LogP contribution is 2.25. The molecule has 0 fully saturated rings. The molecule has 0 aliphatic carbocycles. The van der Waals surface area contributed by atoms with Gasteiger partial charge in [-0.15, -0.1) is 0 Å². The lowest BCUT2D eigenvalue weighted by Crippen LogP contribution is -2.21. The summed E-state index contributed by atoms with van der Waals surface area (Å²) in [4.78, 5) is 15.1. The number of nitrogens with two attached hydrogens (primary N) is 1. The second-order valence-corrected chi connectivity index (χ2v) is 6.43. The van der Waals surface area contributed by atoms with Gasteiger partial charge in [0.15, 0.2) is 16.6 Å². The van der Waals surface area contributed by atoms with E-state index in [4.69, 9.17) is 5.73 Å². The molecule has 1 aromatic heterocycles. The van der Waals surface area contributed by atoms with Gasteiger partial charge in [-0.2, -0.15) is 0 Å². The average molecular weight is 400 g/mol. The van der Waals surface area contributed by atoms with Crippen LogP contribution in [0.5, 0.6) is 0 Å². The predicted molar refractivity (Wildman–Crippen MR) is 88.8 cm³/mol. The Kier molecular flexibility index (Phi) is 6.13. The van der Waals surface area contributed by atoms with Crippen LogP contribution in [-0.4, -0.2) is 33.0 Å². The molecule has 23 heavy (non-hydrogen) atoms. The number of aryl methyl sites for hydroxylation is 1. The maximum Gasteiger partial charge on any atom is 0.218 e. The minimum atomic E-state index is -0.408. The fourth-order valence-electron chi connectivity index (χ4n) is 1.58. The van der Waals surface area contributed by atoms with Gasteiger partial charge in [-0.05, 0) is 34.9 Å². The molecule has 0 radical (unpaired) electrons. The Balaban J connectivity index is 2.23. The van der Waals surface area contributed by atoms with Crippen LogP contribution in [0, 0.1) is 6.92 Å². The van der Waals surface area contributed by atoms with E-state index in [1.807, 2.05) is 18.5 Å². The zero-order chi connectivity index (χ0) is 16.8. The van der Waals surface area contributed by atoms with Crippen molar-refractivity contribution in [2.45, 2.75) is 18.4 Å². The van der Waals surface area contributed by atoms with Crippen molar-refractivity contribution in [2.24, 2.45) is 10.7 Å². The summed E-state index contributed by atoms with van der Waals surface area (Å²) >= 11 is 4.65. The molecule has 0 saturated heterocycles. The topological polar surface area (TPSA) is 127 Å². The molecule has 2 rings (SSSR count). The summed E-state index contributed by atoms with van der Waals surface area (Å²) in [6, 6.07) is 5.49. The van der Waals surface area contributed by atoms with Gasteiger partial charge < -0.3 is 5.73 Å². The van der Waals surface area contributed by atoms with E-state index in [0.29, 0.717) is 16.5 Å². The smallest absolute Gasteiger partial charge is 0.218 e. The molecule has 0 spiro atoms. The molecule has 122 valence electrons. The Bertz CT molecular complexity index is 734. The molecule has 2 aromatic rings. The molecule has 0 bridgehead atoms. The van der Waals surface area contributed by atoms with Crippen LogP contribution in [0.4, 0.5) is 5.69 Å². The fourth-order valence-corrected chi connectivity index (χ4v) is 2.80. The lowest BCUT2D eigenvalue weighted by atomic mass is 10.2. The van der Waals surface area contributed by atoms with Gasteiger partial charge in [0, 0.05) is 16.6 Å². The van der Waals surface area contributed by atoms with Crippen molar-refractivity contribution < 1.29 is 14.6 Å². The highest BCUT2D eigenvalue weighted by atomic mass is 79.9. The van der Waals surface area contributed by atoms with E-state index in [0.717, 1.165) is 10.0 Å². The number of carbonyl (C=O) groups is 1. The lowest BCUT2D eigenvalue weighted by Gasteiger charge is -2.04. The van der Waals surface area contributed by atoms with E-state index in [1.165, 1.54) is 11.8 Å². The number of thioether (sulfide) groups is 1. The van der Waals surface area contributed by atoms with Crippen LogP contribution in [0.25, 0.3) is 0 Å². The largest absolute Gasteiger partial charge is 0.370 e. The van der Waals surface area contributed by atoms with Crippen LogP contribution in [0.1, 0.15) is 17.7 Å². The zero-order valence-electron chi connectivity index (χ0n) is 12.1. The summed E-state index contributed by atoms with van der Waals surface area (Å²) in [6.45, 7) is 1.96. The first-order chi connectivity index (χ1) is 11.0. The first kappa shape index (κ1) is 17.4.